The Bertz CT molecular complexity index is 802. The van der Waals surface area contributed by atoms with E-state index in [2.05, 4.69) is 10.2 Å². The average Bonchev–Trinajstić information content (AvgIpc) is 2.83. The van der Waals surface area contributed by atoms with Crippen LogP contribution < -0.4 is 10.3 Å². The molecule has 0 aliphatic heterocycles. The van der Waals surface area contributed by atoms with Crippen molar-refractivity contribution in [3.8, 4) is 11.4 Å². The van der Waals surface area contributed by atoms with E-state index in [0.29, 0.717) is 18.1 Å². The molecule has 0 saturated carbocycles. The lowest BCUT2D eigenvalue weighted by atomic mass is 10.3. The van der Waals surface area contributed by atoms with Crippen molar-refractivity contribution in [3.05, 3.63) is 52.8 Å². The lowest BCUT2D eigenvalue weighted by Gasteiger charge is -2.07. The monoisotopic (exact) mass is 270 g/mol. The van der Waals surface area contributed by atoms with Crippen LogP contribution in [0.5, 0.6) is 5.75 Å². The van der Waals surface area contributed by atoms with E-state index < -0.39 is 0 Å². The van der Waals surface area contributed by atoms with E-state index in [1.807, 2.05) is 31.2 Å². The maximum absolute atomic E-state index is 12.4. The van der Waals surface area contributed by atoms with Crippen molar-refractivity contribution < 1.29 is 4.74 Å². The van der Waals surface area contributed by atoms with E-state index in [4.69, 9.17) is 4.74 Å². The molecule has 0 saturated heterocycles. The maximum atomic E-state index is 12.4. The fourth-order valence-electron chi connectivity index (χ4n) is 2.08. The topological polar surface area (TPSA) is 61.4 Å². The Morgan fingerprint density at radius 2 is 1.90 bits per heavy atom. The standard InChI is InChI=1S/C14H14N4O2/c1-3-20-12-6-4-11(5-7-12)18-9-8-17-10(2)15-16-13(17)14(18)19/h4-9H,3H2,1-2H3. The Morgan fingerprint density at radius 3 is 2.60 bits per heavy atom. The molecule has 102 valence electrons. The molecule has 0 aliphatic rings. The first-order chi connectivity index (χ1) is 9.70. The van der Waals surface area contributed by atoms with E-state index >= 15 is 0 Å². The van der Waals surface area contributed by atoms with Crippen LogP contribution in [0.4, 0.5) is 0 Å². The SMILES string of the molecule is CCOc1ccc(-n2ccn3c(C)nnc3c2=O)cc1. The van der Waals surface area contributed by atoms with Crippen LogP contribution in [0.25, 0.3) is 11.3 Å². The zero-order chi connectivity index (χ0) is 14.1. The number of aromatic nitrogens is 4. The lowest BCUT2D eigenvalue weighted by molar-refractivity contribution is 0.340. The van der Waals surface area contributed by atoms with Crippen LogP contribution in [0, 0.1) is 6.92 Å². The van der Waals surface area contributed by atoms with Crippen molar-refractivity contribution in [2.24, 2.45) is 0 Å². The summed E-state index contributed by atoms with van der Waals surface area (Å²) in [5, 5.41) is 7.82. The van der Waals surface area contributed by atoms with Crippen molar-refractivity contribution in [3.63, 3.8) is 0 Å². The minimum absolute atomic E-state index is 0.197. The van der Waals surface area contributed by atoms with Gasteiger partial charge in [-0.1, -0.05) is 0 Å². The molecule has 0 N–H and O–H groups in total. The smallest absolute Gasteiger partial charge is 0.300 e. The highest BCUT2D eigenvalue weighted by molar-refractivity contribution is 5.42. The van der Waals surface area contributed by atoms with Gasteiger partial charge in [-0.25, -0.2) is 0 Å². The Balaban J connectivity index is 2.10. The highest BCUT2D eigenvalue weighted by Crippen LogP contribution is 2.14. The summed E-state index contributed by atoms with van der Waals surface area (Å²) in [6, 6.07) is 7.35. The summed E-state index contributed by atoms with van der Waals surface area (Å²) in [6.45, 7) is 4.35. The first-order valence-electron chi connectivity index (χ1n) is 6.37. The number of hydrogen-bond acceptors (Lipinski definition) is 4. The van der Waals surface area contributed by atoms with Gasteiger partial charge in [0.1, 0.15) is 11.6 Å². The van der Waals surface area contributed by atoms with Crippen molar-refractivity contribution >= 4 is 5.65 Å². The molecule has 6 heteroatoms. The van der Waals surface area contributed by atoms with Gasteiger partial charge in [-0.2, -0.15) is 0 Å². The van der Waals surface area contributed by atoms with Gasteiger partial charge >= 0.3 is 5.56 Å². The van der Waals surface area contributed by atoms with Crippen LogP contribution in [-0.4, -0.2) is 25.8 Å². The van der Waals surface area contributed by atoms with E-state index in [1.165, 1.54) is 0 Å². The Labute approximate surface area is 115 Å². The largest absolute Gasteiger partial charge is 0.494 e. The number of rotatable bonds is 3. The van der Waals surface area contributed by atoms with Crippen molar-refractivity contribution in [2.75, 3.05) is 6.61 Å². The molecule has 20 heavy (non-hydrogen) atoms. The highest BCUT2D eigenvalue weighted by atomic mass is 16.5. The first-order valence-corrected chi connectivity index (χ1v) is 6.37. The maximum Gasteiger partial charge on any atom is 0.300 e. The molecule has 2 aromatic heterocycles. The van der Waals surface area contributed by atoms with Gasteiger partial charge in [0.2, 0.25) is 5.65 Å². The Kier molecular flexibility index (Phi) is 2.98. The quantitative estimate of drug-likeness (QED) is 0.725. The van der Waals surface area contributed by atoms with E-state index in [-0.39, 0.29) is 5.56 Å². The summed E-state index contributed by atoms with van der Waals surface area (Å²) >= 11 is 0. The molecule has 2 heterocycles. The fraction of sp³-hybridized carbons (Fsp3) is 0.214. The van der Waals surface area contributed by atoms with Crippen molar-refractivity contribution in [1.82, 2.24) is 19.2 Å². The van der Waals surface area contributed by atoms with Gasteiger partial charge in [0.05, 0.1) is 6.61 Å². The Hall–Kier alpha value is -2.63. The van der Waals surface area contributed by atoms with Gasteiger partial charge in [-0.15, -0.1) is 10.2 Å². The van der Waals surface area contributed by atoms with Crippen LogP contribution in [0.2, 0.25) is 0 Å². The van der Waals surface area contributed by atoms with Gasteiger partial charge in [-0.3, -0.25) is 13.8 Å². The number of nitrogens with zero attached hydrogens (tertiary/aromatic N) is 4. The van der Waals surface area contributed by atoms with Crippen LogP contribution >= 0.6 is 0 Å². The number of aryl methyl sites for hydroxylation is 1. The molecule has 3 rings (SSSR count). The molecule has 0 unspecified atom stereocenters. The summed E-state index contributed by atoms with van der Waals surface area (Å²) in [7, 11) is 0. The second-order valence-electron chi connectivity index (χ2n) is 4.34. The summed E-state index contributed by atoms with van der Waals surface area (Å²) < 4.78 is 8.60. The third-order valence-corrected chi connectivity index (χ3v) is 3.07. The molecule has 0 atom stereocenters. The van der Waals surface area contributed by atoms with Gasteiger partial charge < -0.3 is 4.74 Å². The van der Waals surface area contributed by atoms with Gasteiger partial charge in [0.25, 0.3) is 0 Å². The molecule has 0 bridgehead atoms. The van der Waals surface area contributed by atoms with Crippen molar-refractivity contribution in [1.29, 1.82) is 0 Å². The van der Waals surface area contributed by atoms with Gasteiger partial charge in [-0.05, 0) is 38.1 Å². The van der Waals surface area contributed by atoms with E-state index in [0.717, 1.165) is 11.4 Å². The molecule has 1 aromatic carbocycles. The number of hydrogen-bond donors (Lipinski definition) is 0. The van der Waals surface area contributed by atoms with E-state index in [1.54, 1.807) is 28.3 Å². The van der Waals surface area contributed by atoms with Crippen LogP contribution in [0.3, 0.4) is 0 Å². The molecule has 0 fully saturated rings. The van der Waals surface area contributed by atoms with Crippen LogP contribution in [0.15, 0.2) is 41.5 Å². The summed E-state index contributed by atoms with van der Waals surface area (Å²) in [6.07, 6.45) is 3.49. The normalized spacial score (nSPS) is 10.9. The zero-order valence-corrected chi connectivity index (χ0v) is 11.3. The second kappa shape index (κ2) is 4.80. The van der Waals surface area contributed by atoms with Gasteiger partial charge in [0, 0.05) is 18.1 Å². The first kappa shape index (κ1) is 12.4. The summed E-state index contributed by atoms with van der Waals surface area (Å²) in [5.74, 6) is 1.47. The molecule has 0 spiro atoms. The number of fused-ring (bicyclic) bond motifs is 1. The molecular formula is C14H14N4O2. The number of ether oxygens (including phenoxy) is 1. The Morgan fingerprint density at radius 1 is 1.15 bits per heavy atom. The summed E-state index contributed by atoms with van der Waals surface area (Å²) in [4.78, 5) is 12.4. The predicted molar refractivity (Wildman–Crippen MR) is 74.5 cm³/mol. The minimum atomic E-state index is -0.197. The van der Waals surface area contributed by atoms with E-state index in [9.17, 15) is 4.79 Å². The second-order valence-corrected chi connectivity index (χ2v) is 4.34. The third kappa shape index (κ3) is 1.95. The highest BCUT2D eigenvalue weighted by Gasteiger charge is 2.08. The molecule has 6 nitrogen and oxygen atoms in total. The molecular weight excluding hydrogens is 256 g/mol. The fourth-order valence-corrected chi connectivity index (χ4v) is 2.08. The third-order valence-electron chi connectivity index (χ3n) is 3.07. The van der Waals surface area contributed by atoms with Crippen LogP contribution in [-0.2, 0) is 0 Å². The number of benzene rings is 1. The molecule has 0 amide bonds. The zero-order valence-electron chi connectivity index (χ0n) is 11.3. The van der Waals surface area contributed by atoms with Crippen LogP contribution in [0.1, 0.15) is 12.7 Å². The van der Waals surface area contributed by atoms with Gasteiger partial charge in [0.15, 0.2) is 0 Å². The lowest BCUT2D eigenvalue weighted by Crippen LogP contribution is -2.20. The minimum Gasteiger partial charge on any atom is -0.494 e. The predicted octanol–water partition coefficient (Wildman–Crippen LogP) is 1.59. The summed E-state index contributed by atoms with van der Waals surface area (Å²) in [5.41, 5.74) is 0.887. The molecule has 3 aromatic rings. The molecule has 0 radical (unpaired) electrons. The average molecular weight is 270 g/mol. The van der Waals surface area contributed by atoms with Crippen molar-refractivity contribution in [2.45, 2.75) is 13.8 Å². The molecule has 0 aliphatic carbocycles.